The summed E-state index contributed by atoms with van der Waals surface area (Å²) in [7, 11) is 0. The van der Waals surface area contributed by atoms with E-state index in [1.807, 2.05) is 19.9 Å². The minimum Gasteiger partial charge on any atom is -0.205 e. The summed E-state index contributed by atoms with van der Waals surface area (Å²) in [6, 6.07) is 3.06. The molecule has 1 rings (SSSR count). The van der Waals surface area contributed by atoms with Gasteiger partial charge in [-0.2, -0.15) is 0 Å². The second kappa shape index (κ2) is 4.43. The van der Waals surface area contributed by atoms with Gasteiger partial charge in [0.05, 0.1) is 5.02 Å². The fraction of sp³-hybridized carbons (Fsp3) is 0.167. The Morgan fingerprint density at radius 3 is 2.71 bits per heavy atom. The molecule has 0 aliphatic carbocycles. The first-order valence-electron chi connectivity index (χ1n) is 4.31. The topological polar surface area (TPSA) is 0 Å². The second-order valence-corrected chi connectivity index (χ2v) is 3.62. The van der Waals surface area contributed by atoms with Crippen LogP contribution in [0.15, 0.2) is 30.4 Å². The van der Waals surface area contributed by atoms with Crippen molar-refractivity contribution in [2.45, 2.75) is 13.8 Å². The lowest BCUT2D eigenvalue weighted by atomic mass is 10.1. The molecule has 0 amide bonds. The Morgan fingerprint density at radius 2 is 2.14 bits per heavy atom. The first-order valence-corrected chi connectivity index (χ1v) is 4.68. The summed E-state index contributed by atoms with van der Waals surface area (Å²) in [5, 5.41) is 0.152. The molecule has 74 valence electrons. The average Bonchev–Trinajstić information content (AvgIpc) is 2.14. The van der Waals surface area contributed by atoms with Crippen LogP contribution in [0.1, 0.15) is 18.1 Å². The molecule has 2 heteroatoms. The minimum atomic E-state index is -0.377. The van der Waals surface area contributed by atoms with Crippen molar-refractivity contribution in [2.75, 3.05) is 0 Å². The molecule has 1 aromatic carbocycles. The van der Waals surface area contributed by atoms with Crippen LogP contribution in [0.25, 0.3) is 6.08 Å². The smallest absolute Gasteiger partial charge is 0.142 e. The van der Waals surface area contributed by atoms with E-state index in [-0.39, 0.29) is 10.8 Å². The molecule has 14 heavy (non-hydrogen) atoms. The maximum atomic E-state index is 13.0. The highest BCUT2D eigenvalue weighted by Crippen LogP contribution is 2.21. The maximum Gasteiger partial charge on any atom is 0.142 e. The number of hydrogen-bond acceptors (Lipinski definition) is 0. The monoisotopic (exact) mass is 210 g/mol. The predicted octanol–water partition coefficient (Wildman–Crippen LogP) is 4.38. The molecule has 0 aliphatic heterocycles. The Morgan fingerprint density at radius 1 is 1.50 bits per heavy atom. The summed E-state index contributed by atoms with van der Waals surface area (Å²) in [5.74, 6) is -0.377. The van der Waals surface area contributed by atoms with E-state index in [1.165, 1.54) is 6.07 Å². The Balaban J connectivity index is 3.23. The SMILES string of the molecule is C=C/C(C)=C\c1cc(Cl)c(F)cc1C. The third-order valence-corrected chi connectivity index (χ3v) is 2.30. The zero-order valence-corrected chi connectivity index (χ0v) is 9.03. The largest absolute Gasteiger partial charge is 0.205 e. The van der Waals surface area contributed by atoms with Gasteiger partial charge >= 0.3 is 0 Å². The van der Waals surface area contributed by atoms with Crippen molar-refractivity contribution in [3.05, 3.63) is 52.3 Å². The minimum absolute atomic E-state index is 0.152. The Hall–Kier alpha value is -1.08. The standard InChI is InChI=1S/C12H12ClF/c1-4-8(2)5-10-7-11(13)12(14)6-9(10)3/h4-7H,1H2,2-3H3/b8-5-. The Labute approximate surface area is 88.7 Å². The number of halogens is 2. The molecule has 0 spiro atoms. The second-order valence-electron chi connectivity index (χ2n) is 3.22. The maximum absolute atomic E-state index is 13.0. The van der Waals surface area contributed by atoms with Crippen LogP contribution in [0, 0.1) is 12.7 Å². The number of hydrogen-bond donors (Lipinski definition) is 0. The van der Waals surface area contributed by atoms with E-state index in [0.29, 0.717) is 0 Å². The van der Waals surface area contributed by atoms with E-state index in [4.69, 9.17) is 11.6 Å². The van der Waals surface area contributed by atoms with Gasteiger partial charge in [-0.3, -0.25) is 0 Å². The number of benzene rings is 1. The van der Waals surface area contributed by atoms with Gasteiger partial charge in [0.25, 0.3) is 0 Å². The summed E-state index contributed by atoms with van der Waals surface area (Å²) < 4.78 is 13.0. The summed E-state index contributed by atoms with van der Waals surface area (Å²) in [4.78, 5) is 0. The van der Waals surface area contributed by atoms with Crippen molar-refractivity contribution in [3.8, 4) is 0 Å². The molecule has 0 aliphatic rings. The third-order valence-electron chi connectivity index (χ3n) is 2.01. The first kappa shape index (κ1) is 11.0. The highest BCUT2D eigenvalue weighted by molar-refractivity contribution is 6.30. The molecule has 0 unspecified atom stereocenters. The van der Waals surface area contributed by atoms with Gasteiger partial charge in [-0.1, -0.05) is 35.9 Å². The van der Waals surface area contributed by atoms with Gasteiger partial charge in [0.15, 0.2) is 0 Å². The van der Waals surface area contributed by atoms with Crippen LogP contribution < -0.4 is 0 Å². The lowest BCUT2D eigenvalue weighted by Crippen LogP contribution is -1.85. The van der Waals surface area contributed by atoms with Crippen molar-refractivity contribution < 1.29 is 4.39 Å². The van der Waals surface area contributed by atoms with Crippen LogP contribution in [-0.2, 0) is 0 Å². The molecule has 1 aromatic rings. The van der Waals surface area contributed by atoms with Crippen molar-refractivity contribution in [1.29, 1.82) is 0 Å². The molecule has 0 nitrogen and oxygen atoms in total. The normalized spacial score (nSPS) is 11.6. The van der Waals surface area contributed by atoms with Gasteiger partial charge in [-0.25, -0.2) is 4.39 Å². The van der Waals surface area contributed by atoms with E-state index in [0.717, 1.165) is 16.7 Å². The van der Waals surface area contributed by atoms with E-state index < -0.39 is 0 Å². The summed E-state index contributed by atoms with van der Waals surface area (Å²) in [6.07, 6.45) is 3.67. The van der Waals surface area contributed by atoms with E-state index >= 15 is 0 Å². The van der Waals surface area contributed by atoms with Crippen LogP contribution in [0.2, 0.25) is 5.02 Å². The van der Waals surface area contributed by atoms with Crippen LogP contribution in [0.5, 0.6) is 0 Å². The molecule has 0 saturated heterocycles. The number of aryl methyl sites for hydroxylation is 1. The van der Waals surface area contributed by atoms with E-state index in [2.05, 4.69) is 6.58 Å². The molecule has 0 fully saturated rings. The van der Waals surface area contributed by atoms with Gasteiger partial charge < -0.3 is 0 Å². The molecular weight excluding hydrogens is 199 g/mol. The molecular formula is C12H12ClF. The van der Waals surface area contributed by atoms with Gasteiger partial charge in [-0.15, -0.1) is 0 Å². The lowest BCUT2D eigenvalue weighted by molar-refractivity contribution is 0.627. The molecule has 0 aromatic heterocycles. The first-order chi connectivity index (χ1) is 6.54. The van der Waals surface area contributed by atoms with Crippen molar-refractivity contribution in [1.82, 2.24) is 0 Å². The zero-order valence-electron chi connectivity index (χ0n) is 8.27. The zero-order chi connectivity index (χ0) is 10.7. The number of allylic oxidation sites excluding steroid dienone is 2. The molecule has 0 bridgehead atoms. The Bertz CT molecular complexity index is 392. The summed E-state index contributed by atoms with van der Waals surface area (Å²) in [5.41, 5.74) is 2.82. The van der Waals surface area contributed by atoms with Crippen molar-refractivity contribution >= 4 is 17.7 Å². The average molecular weight is 211 g/mol. The van der Waals surface area contributed by atoms with Crippen molar-refractivity contribution in [3.63, 3.8) is 0 Å². The predicted molar refractivity (Wildman–Crippen MR) is 60.0 cm³/mol. The van der Waals surface area contributed by atoms with Gasteiger partial charge in [0, 0.05) is 0 Å². The van der Waals surface area contributed by atoms with E-state index in [1.54, 1.807) is 12.1 Å². The third kappa shape index (κ3) is 2.46. The molecule has 0 heterocycles. The van der Waals surface area contributed by atoms with Crippen molar-refractivity contribution in [2.24, 2.45) is 0 Å². The molecule has 0 saturated carbocycles. The van der Waals surface area contributed by atoms with Gasteiger partial charge in [0.2, 0.25) is 0 Å². The van der Waals surface area contributed by atoms with Crippen LogP contribution >= 0.6 is 11.6 Å². The van der Waals surface area contributed by atoms with Gasteiger partial charge in [0.1, 0.15) is 5.82 Å². The fourth-order valence-corrected chi connectivity index (χ4v) is 1.29. The summed E-state index contributed by atoms with van der Waals surface area (Å²) >= 11 is 5.68. The van der Waals surface area contributed by atoms with Crippen LogP contribution in [-0.4, -0.2) is 0 Å². The molecule has 0 radical (unpaired) electrons. The summed E-state index contributed by atoms with van der Waals surface area (Å²) in [6.45, 7) is 7.43. The quantitative estimate of drug-likeness (QED) is 0.636. The van der Waals surface area contributed by atoms with Crippen LogP contribution in [0.4, 0.5) is 4.39 Å². The number of rotatable bonds is 2. The lowest BCUT2D eigenvalue weighted by Gasteiger charge is -2.03. The highest BCUT2D eigenvalue weighted by Gasteiger charge is 2.03. The highest BCUT2D eigenvalue weighted by atomic mass is 35.5. The Kier molecular flexibility index (Phi) is 3.48. The molecule has 0 N–H and O–H groups in total. The van der Waals surface area contributed by atoms with Crippen LogP contribution in [0.3, 0.4) is 0 Å². The van der Waals surface area contributed by atoms with E-state index in [9.17, 15) is 4.39 Å². The van der Waals surface area contributed by atoms with Gasteiger partial charge in [-0.05, 0) is 37.1 Å². The fourth-order valence-electron chi connectivity index (χ4n) is 1.12. The molecule has 0 atom stereocenters.